The van der Waals surface area contributed by atoms with Crippen LogP contribution in [0.1, 0.15) is 5.56 Å². The minimum atomic E-state index is -2.45. The number of benzene rings is 6. The van der Waals surface area contributed by atoms with Crippen LogP contribution in [0.3, 0.4) is 0 Å². The van der Waals surface area contributed by atoms with Crippen molar-refractivity contribution in [3.63, 3.8) is 0 Å². The van der Waals surface area contributed by atoms with Gasteiger partial charge in [-0.1, -0.05) is 133 Å². The first kappa shape index (κ1) is 19.5. The van der Waals surface area contributed by atoms with E-state index in [-0.39, 0.29) is 0 Å². The quantitative estimate of drug-likeness (QED) is 0.236. The Bertz CT molecular complexity index is 1660. The molecule has 0 bridgehead atoms. The predicted octanol–water partition coefficient (Wildman–Crippen LogP) is 5.66. The number of rotatable bonds is 2. The van der Waals surface area contributed by atoms with E-state index < -0.39 is 8.07 Å². The molecule has 1 aliphatic heterocycles. The van der Waals surface area contributed by atoms with Gasteiger partial charge in [0, 0.05) is 0 Å². The van der Waals surface area contributed by atoms with Crippen LogP contribution in [0, 0.1) is 6.92 Å². The van der Waals surface area contributed by atoms with Crippen LogP contribution in [-0.2, 0) is 0 Å². The Morgan fingerprint density at radius 3 is 1.82 bits per heavy atom. The van der Waals surface area contributed by atoms with E-state index in [0.29, 0.717) is 0 Å². The summed E-state index contributed by atoms with van der Waals surface area (Å²) in [5.74, 6) is 0. The molecular weight excluding hydrogens is 424 g/mol. The van der Waals surface area contributed by atoms with Crippen LogP contribution in [0.5, 0.6) is 0 Å². The van der Waals surface area contributed by atoms with Crippen molar-refractivity contribution in [1.29, 1.82) is 0 Å². The zero-order chi connectivity index (χ0) is 22.7. The van der Waals surface area contributed by atoms with Crippen molar-refractivity contribution in [3.8, 4) is 11.1 Å². The van der Waals surface area contributed by atoms with Gasteiger partial charge < -0.3 is 0 Å². The van der Waals surface area contributed by atoms with Crippen molar-refractivity contribution in [2.45, 2.75) is 6.92 Å². The largest absolute Gasteiger partial charge is 0.180 e. The van der Waals surface area contributed by atoms with Gasteiger partial charge in [-0.05, 0) is 60.3 Å². The van der Waals surface area contributed by atoms with Crippen molar-refractivity contribution < 1.29 is 0 Å². The standard InChI is InChI=1S/C33H24Si/c1-23-16-20-30-29(22-23)33-31(21-19-25-18-17-24-10-8-9-15-28(24)32(25)33)34(30,26-11-4-2-5-12-26)27-13-6-3-7-14-27/h2-22H,1H3. The van der Waals surface area contributed by atoms with Gasteiger partial charge >= 0.3 is 0 Å². The summed E-state index contributed by atoms with van der Waals surface area (Å²) in [6.45, 7) is 2.22. The summed E-state index contributed by atoms with van der Waals surface area (Å²) in [6, 6.07) is 47.8. The Hall–Kier alpha value is -3.94. The van der Waals surface area contributed by atoms with Crippen molar-refractivity contribution in [3.05, 3.63) is 133 Å². The van der Waals surface area contributed by atoms with E-state index in [0.717, 1.165) is 0 Å². The molecule has 0 fully saturated rings. The van der Waals surface area contributed by atoms with Crippen molar-refractivity contribution in [2.24, 2.45) is 0 Å². The van der Waals surface area contributed by atoms with Crippen LogP contribution in [-0.4, -0.2) is 8.07 Å². The van der Waals surface area contributed by atoms with E-state index >= 15 is 0 Å². The monoisotopic (exact) mass is 448 g/mol. The van der Waals surface area contributed by atoms with Crippen LogP contribution in [0.15, 0.2) is 127 Å². The van der Waals surface area contributed by atoms with E-state index in [2.05, 4.69) is 134 Å². The Balaban J connectivity index is 1.75. The average molecular weight is 449 g/mol. The third kappa shape index (κ3) is 2.53. The second-order valence-electron chi connectivity index (χ2n) is 9.40. The normalized spacial score (nSPS) is 13.7. The van der Waals surface area contributed by atoms with Gasteiger partial charge in [-0.2, -0.15) is 0 Å². The first-order valence-electron chi connectivity index (χ1n) is 12.0. The molecule has 7 rings (SSSR count). The first-order chi connectivity index (χ1) is 16.8. The second-order valence-corrected chi connectivity index (χ2v) is 13.1. The number of fused-ring (bicyclic) bond motifs is 7. The molecule has 160 valence electrons. The molecule has 1 heterocycles. The first-order valence-corrected chi connectivity index (χ1v) is 14.0. The highest BCUT2D eigenvalue weighted by molar-refractivity contribution is 7.22. The Morgan fingerprint density at radius 1 is 0.500 bits per heavy atom. The van der Waals surface area contributed by atoms with Gasteiger partial charge in [-0.25, -0.2) is 0 Å². The lowest BCUT2D eigenvalue weighted by Gasteiger charge is -2.31. The molecule has 0 radical (unpaired) electrons. The Labute approximate surface area is 201 Å². The smallest absolute Gasteiger partial charge is 0.0623 e. The second kappa shape index (κ2) is 7.28. The topological polar surface area (TPSA) is 0 Å². The van der Waals surface area contributed by atoms with Crippen LogP contribution in [0.2, 0.25) is 0 Å². The minimum Gasteiger partial charge on any atom is -0.0623 e. The van der Waals surface area contributed by atoms with Crippen molar-refractivity contribution >= 4 is 50.4 Å². The molecule has 0 unspecified atom stereocenters. The van der Waals surface area contributed by atoms with Gasteiger partial charge in [0.15, 0.2) is 8.07 Å². The summed E-state index contributed by atoms with van der Waals surface area (Å²) in [5.41, 5.74) is 4.16. The molecule has 6 aromatic rings. The molecule has 6 aromatic carbocycles. The molecular formula is C33H24Si. The highest BCUT2D eigenvalue weighted by Crippen LogP contribution is 2.38. The van der Waals surface area contributed by atoms with E-state index in [1.165, 1.54) is 59.0 Å². The fraction of sp³-hybridized carbons (Fsp3) is 0.0303. The molecule has 0 aliphatic carbocycles. The third-order valence-corrected chi connectivity index (χ3v) is 12.4. The third-order valence-electron chi connectivity index (χ3n) is 7.58. The van der Waals surface area contributed by atoms with Gasteiger partial charge in [-0.15, -0.1) is 0 Å². The lowest BCUT2D eigenvalue weighted by atomic mass is 9.93. The van der Waals surface area contributed by atoms with Gasteiger partial charge in [-0.3, -0.25) is 0 Å². The van der Waals surface area contributed by atoms with Gasteiger partial charge in [0.25, 0.3) is 0 Å². The highest BCUT2D eigenvalue weighted by Gasteiger charge is 2.49. The van der Waals surface area contributed by atoms with Crippen LogP contribution in [0.4, 0.5) is 0 Å². The van der Waals surface area contributed by atoms with Gasteiger partial charge in [0.05, 0.1) is 0 Å². The molecule has 0 N–H and O–H groups in total. The van der Waals surface area contributed by atoms with Gasteiger partial charge in [0.2, 0.25) is 0 Å². The van der Waals surface area contributed by atoms with E-state index in [1.54, 1.807) is 0 Å². The molecule has 0 amide bonds. The van der Waals surface area contributed by atoms with E-state index in [4.69, 9.17) is 0 Å². The molecule has 0 nitrogen and oxygen atoms in total. The predicted molar refractivity (Wildman–Crippen MR) is 149 cm³/mol. The molecule has 1 aliphatic rings. The molecule has 34 heavy (non-hydrogen) atoms. The summed E-state index contributed by atoms with van der Waals surface area (Å²) in [7, 11) is -2.45. The Kier molecular flexibility index (Phi) is 4.18. The van der Waals surface area contributed by atoms with Crippen LogP contribution < -0.4 is 20.7 Å². The zero-order valence-electron chi connectivity index (χ0n) is 19.1. The van der Waals surface area contributed by atoms with E-state index in [1.807, 2.05) is 0 Å². The molecule has 0 saturated heterocycles. The van der Waals surface area contributed by atoms with E-state index in [9.17, 15) is 0 Å². The maximum Gasteiger partial charge on any atom is 0.180 e. The summed E-state index contributed by atoms with van der Waals surface area (Å²) in [6.07, 6.45) is 0. The molecule has 0 aromatic heterocycles. The van der Waals surface area contributed by atoms with Crippen molar-refractivity contribution in [2.75, 3.05) is 0 Å². The lowest BCUT2D eigenvalue weighted by molar-refractivity contribution is 1.49. The number of hydrogen-bond donors (Lipinski definition) is 0. The van der Waals surface area contributed by atoms with Crippen molar-refractivity contribution in [1.82, 2.24) is 0 Å². The minimum absolute atomic E-state index is 1.30. The molecule has 1 heteroatoms. The number of aryl methyl sites for hydroxylation is 1. The highest BCUT2D eigenvalue weighted by atomic mass is 28.3. The van der Waals surface area contributed by atoms with Crippen LogP contribution >= 0.6 is 0 Å². The van der Waals surface area contributed by atoms with Crippen LogP contribution in [0.25, 0.3) is 32.7 Å². The maximum absolute atomic E-state index is 2.45. The average Bonchev–Trinajstić information content (AvgIpc) is 3.20. The lowest BCUT2D eigenvalue weighted by Crippen LogP contribution is -2.72. The number of hydrogen-bond acceptors (Lipinski definition) is 0. The summed E-state index contributed by atoms with van der Waals surface area (Å²) in [5, 5.41) is 11.3. The molecule has 0 atom stereocenters. The summed E-state index contributed by atoms with van der Waals surface area (Å²) in [4.78, 5) is 0. The summed E-state index contributed by atoms with van der Waals surface area (Å²) >= 11 is 0. The zero-order valence-corrected chi connectivity index (χ0v) is 20.1. The fourth-order valence-electron chi connectivity index (χ4n) is 6.19. The molecule has 0 spiro atoms. The van der Waals surface area contributed by atoms with Gasteiger partial charge in [0.1, 0.15) is 0 Å². The molecule has 0 saturated carbocycles. The summed E-state index contributed by atoms with van der Waals surface area (Å²) < 4.78 is 0. The Morgan fingerprint density at radius 2 is 1.09 bits per heavy atom. The SMILES string of the molecule is Cc1ccc2c(c1)-c1c(ccc3ccc4ccccc4c13)[Si]2(c1ccccc1)c1ccccc1. The maximum atomic E-state index is 2.44. The fourth-order valence-corrected chi connectivity index (χ4v) is 11.3.